The molecule has 0 saturated carbocycles. The number of rotatable bonds is 28. The lowest BCUT2D eigenvalue weighted by atomic mass is 9.70. The molecule has 8 heterocycles. The first-order valence-electron chi connectivity index (χ1n) is 43.7. The average Bonchev–Trinajstić information content (AvgIpc) is 0.776. The highest BCUT2D eigenvalue weighted by atomic mass is 35.5. The second kappa shape index (κ2) is 44.0. The van der Waals surface area contributed by atoms with Gasteiger partial charge in [0.2, 0.25) is 40.1 Å². The first-order valence-corrected chi connectivity index (χ1v) is 49.8. The summed E-state index contributed by atoms with van der Waals surface area (Å²) in [5.41, 5.74) is 4.75. The van der Waals surface area contributed by atoms with Gasteiger partial charge in [-0.1, -0.05) is 169 Å². The van der Waals surface area contributed by atoms with Crippen LogP contribution in [-0.2, 0) is 93.6 Å². The highest BCUT2D eigenvalue weighted by Crippen LogP contribution is 2.45. The Balaban J connectivity index is 0.000000153. The Morgan fingerprint density at radius 3 is 0.778 bits per heavy atom. The lowest BCUT2D eigenvalue weighted by Crippen LogP contribution is -2.46. The van der Waals surface area contributed by atoms with E-state index < -0.39 is 107 Å². The number of carbonyl (C=O) groups is 4. The third-order valence-electron chi connectivity index (χ3n) is 25.6. The fourth-order valence-corrected chi connectivity index (χ4v) is 23.7. The number of nitrogens with zero attached hydrogens (tertiary/aromatic N) is 12. The smallest absolute Gasteiger partial charge is 0.388 e. The van der Waals surface area contributed by atoms with Crippen LogP contribution in [0.15, 0.2) is 288 Å². The summed E-state index contributed by atoms with van der Waals surface area (Å²) in [5, 5.41) is 36.6. The normalized spacial score (nSPS) is 16.5. The molecule has 4 aliphatic heterocycles. The van der Waals surface area contributed by atoms with Crippen LogP contribution in [0, 0.1) is 13.8 Å². The van der Waals surface area contributed by atoms with E-state index in [1.54, 1.807) is 45.0 Å². The van der Waals surface area contributed by atoms with Gasteiger partial charge in [-0.2, -0.15) is 30.4 Å². The van der Waals surface area contributed by atoms with Crippen LogP contribution < -0.4 is 0 Å². The van der Waals surface area contributed by atoms with Crippen molar-refractivity contribution in [2.75, 3.05) is 78.8 Å². The Morgan fingerprint density at radius 2 is 0.541 bits per heavy atom. The molecular formula is C99H102ClF3N12O16S4. The Morgan fingerprint density at radius 1 is 0.319 bits per heavy atom. The molecule has 0 unspecified atom stereocenters. The Hall–Kier alpha value is -11.7. The van der Waals surface area contributed by atoms with Crippen molar-refractivity contribution in [2.45, 2.75) is 138 Å². The van der Waals surface area contributed by atoms with Crippen LogP contribution in [0.3, 0.4) is 0 Å². The van der Waals surface area contributed by atoms with Crippen molar-refractivity contribution in [1.29, 1.82) is 0 Å². The zero-order chi connectivity index (χ0) is 96.4. The van der Waals surface area contributed by atoms with Crippen molar-refractivity contribution in [1.82, 2.24) is 57.1 Å². The summed E-state index contributed by atoms with van der Waals surface area (Å²) in [7, 11) is -14.7. The van der Waals surface area contributed by atoms with Gasteiger partial charge in [-0.3, -0.25) is 19.2 Å². The molecule has 0 amide bonds. The number of piperidine rings is 4. The van der Waals surface area contributed by atoms with E-state index in [-0.39, 0.29) is 61.4 Å². The number of Topliss-reactive ketones (excluding diaryl/α,β-unsaturated/α-hetero) is 4. The summed E-state index contributed by atoms with van der Waals surface area (Å²) in [6.07, 6.45) is 13.4. The second-order valence-electron chi connectivity index (χ2n) is 33.8. The number of ketones is 4. The molecule has 8 aromatic carbocycles. The van der Waals surface area contributed by atoms with Crippen molar-refractivity contribution in [3.63, 3.8) is 0 Å². The highest BCUT2D eigenvalue weighted by Gasteiger charge is 2.46. The summed E-state index contributed by atoms with van der Waals surface area (Å²) in [6.45, 7) is 3.99. The van der Waals surface area contributed by atoms with Gasteiger partial charge in [0, 0.05) is 154 Å². The highest BCUT2D eigenvalue weighted by molar-refractivity contribution is 7.90. The Labute approximate surface area is 787 Å². The minimum Gasteiger partial charge on any atom is -0.388 e. The van der Waals surface area contributed by atoms with E-state index in [4.69, 9.17) is 32.0 Å². The predicted molar refractivity (Wildman–Crippen MR) is 498 cm³/mol. The number of aryl methyl sites for hydroxylation is 2. The van der Waals surface area contributed by atoms with E-state index in [0.29, 0.717) is 154 Å². The quantitative estimate of drug-likeness (QED) is 0.0331. The van der Waals surface area contributed by atoms with Crippen molar-refractivity contribution < 1.29 is 86.4 Å². The number of hydrogen-bond acceptors (Lipinski definition) is 24. The molecule has 36 heteroatoms. The molecule has 4 saturated heterocycles. The van der Waals surface area contributed by atoms with E-state index >= 15 is 0 Å². The van der Waals surface area contributed by atoms with Crippen LogP contribution in [0.2, 0.25) is 5.02 Å². The van der Waals surface area contributed by atoms with Crippen LogP contribution >= 0.6 is 11.6 Å². The van der Waals surface area contributed by atoms with Crippen molar-refractivity contribution in [3.05, 3.63) is 357 Å². The number of aliphatic hydroxyl groups is 4. The first kappa shape index (κ1) is 101. The molecule has 16 rings (SSSR count). The van der Waals surface area contributed by atoms with Gasteiger partial charge in [0.05, 0.1) is 47.4 Å². The van der Waals surface area contributed by atoms with Gasteiger partial charge in [0.1, 0.15) is 49.7 Å². The predicted octanol–water partition coefficient (Wildman–Crippen LogP) is 12.8. The lowest BCUT2D eigenvalue weighted by molar-refractivity contribution is -0.137. The maximum Gasteiger partial charge on any atom is 0.416 e. The van der Waals surface area contributed by atoms with Crippen LogP contribution in [0.1, 0.15) is 155 Å². The van der Waals surface area contributed by atoms with Gasteiger partial charge in [-0.05, 0) is 160 Å². The molecule has 0 bridgehead atoms. The summed E-state index contributed by atoms with van der Waals surface area (Å²) in [6, 6.07) is 63.4. The molecule has 28 nitrogen and oxygen atoms in total. The number of carbonyl (C=O) groups excluding carboxylic acids is 4. The fourth-order valence-electron chi connectivity index (χ4n) is 17.6. The van der Waals surface area contributed by atoms with Gasteiger partial charge in [0.25, 0.3) is 0 Å². The standard InChI is InChI=1S/C25H24F3N3O4S.2C25H27N3O4S.C24H24ClN3O4S/c26-25(27,28)20-6-8-21(9-7-20)36(34,35)31-12-10-24(11-13-31,19-4-2-1-3-5-19)14-23-29-15-18(16-30-23)22(33)17-32;1-19-7-5-6-10-23(19)33(31,32)28-13-11-25(12-14-28,21-8-3-2-4-9-21)15-24-26-16-20(17-27-24)22(30)18-29;1-19-7-9-22(10-8-19)33(31,32)28-13-11-25(12-14-28,21-5-3-2-4-6-21)15-24-26-16-20(17-27-24)23(30)18-29;25-20-6-8-21(9-7-20)33(31,32)28-12-10-24(11-13-28,19-4-2-1-3-5-19)14-23-26-15-18(16-27-23)22(30)17-29/h1-9,15-16,32H,10-14,17H2;2*2-10,16-17,29H,11-15,18H2,1H3;1-9,15-16,29H,10-14,17H2. The summed E-state index contributed by atoms with van der Waals surface area (Å²) in [4.78, 5) is 82.1. The van der Waals surface area contributed by atoms with Gasteiger partial charge < -0.3 is 20.4 Å². The Kier molecular flexibility index (Phi) is 32.8. The topological polar surface area (TPSA) is 402 Å². The van der Waals surface area contributed by atoms with Gasteiger partial charge in [-0.25, -0.2) is 73.5 Å². The minimum absolute atomic E-state index is 0.166. The van der Waals surface area contributed by atoms with Gasteiger partial charge in [0.15, 0.2) is 23.1 Å². The monoisotopic (exact) mass is 1930 g/mol. The van der Waals surface area contributed by atoms with E-state index in [1.807, 2.05) is 135 Å². The van der Waals surface area contributed by atoms with Crippen molar-refractivity contribution in [2.24, 2.45) is 0 Å². The average molecular weight is 1940 g/mol. The maximum absolute atomic E-state index is 13.3. The number of alkyl halides is 3. The number of benzene rings is 8. The SMILES string of the molecule is Cc1ccc(S(=O)(=O)N2CCC(Cc3ncc(C(=O)CO)cn3)(c3ccccc3)CC2)cc1.Cc1ccccc1S(=O)(=O)N1CCC(Cc2ncc(C(=O)CO)cn2)(c2ccccc2)CC1.O=C(CO)c1cnc(CC2(c3ccccc3)CCN(S(=O)(=O)c3ccc(C(F)(F)F)cc3)CC2)nc1.O=C(CO)c1cnc(CC2(c3ccccc3)CCN(S(=O)(=O)c3ccc(Cl)cc3)CC2)nc1. The van der Waals surface area contributed by atoms with Gasteiger partial charge in [-0.15, -0.1) is 0 Å². The minimum atomic E-state index is -4.55. The molecule has 706 valence electrons. The van der Waals surface area contributed by atoms with Crippen LogP contribution in [0.4, 0.5) is 13.2 Å². The second-order valence-corrected chi connectivity index (χ2v) is 42.0. The number of aromatic nitrogens is 8. The molecule has 0 aliphatic carbocycles. The zero-order valence-electron chi connectivity index (χ0n) is 74.1. The Bertz CT molecular complexity index is 6340. The van der Waals surface area contributed by atoms with Crippen LogP contribution in [0.5, 0.6) is 0 Å². The van der Waals surface area contributed by atoms with E-state index in [1.165, 1.54) is 70.3 Å². The molecule has 0 radical (unpaired) electrons. The number of hydrogen-bond donors (Lipinski definition) is 4. The number of aliphatic hydroxyl groups excluding tert-OH is 4. The molecule has 4 aromatic heterocycles. The van der Waals surface area contributed by atoms with Crippen molar-refractivity contribution in [3.8, 4) is 0 Å². The lowest BCUT2D eigenvalue weighted by Gasteiger charge is -2.41. The van der Waals surface area contributed by atoms with E-state index in [0.717, 1.165) is 57.6 Å². The van der Waals surface area contributed by atoms with Crippen LogP contribution in [-0.4, -0.2) is 213 Å². The number of sulfonamides is 4. The maximum atomic E-state index is 13.3. The third kappa shape index (κ3) is 24.1. The third-order valence-corrected chi connectivity index (χ3v) is 33.6. The molecule has 12 aromatic rings. The largest absolute Gasteiger partial charge is 0.416 e. The summed E-state index contributed by atoms with van der Waals surface area (Å²) in [5.74, 6) is 0.464. The molecule has 0 spiro atoms. The van der Waals surface area contributed by atoms with Crippen molar-refractivity contribution >= 4 is 74.8 Å². The summed E-state index contributed by atoms with van der Waals surface area (Å²) < 4.78 is 150. The zero-order valence-corrected chi connectivity index (χ0v) is 78.1. The van der Waals surface area contributed by atoms with E-state index in [9.17, 15) is 66.0 Å². The van der Waals surface area contributed by atoms with Crippen LogP contribution in [0.25, 0.3) is 0 Å². The molecule has 4 aliphatic rings. The molecule has 4 fully saturated rings. The molecule has 4 N–H and O–H groups in total. The molecular weight excluding hydrogens is 1830 g/mol. The van der Waals surface area contributed by atoms with Gasteiger partial charge >= 0.3 is 6.18 Å². The number of halogens is 4. The molecule has 135 heavy (non-hydrogen) atoms. The first-order chi connectivity index (χ1) is 64.6. The fraction of sp³-hybridized carbons (Fsp3) is 0.313. The summed E-state index contributed by atoms with van der Waals surface area (Å²) >= 11 is 5.91. The molecule has 0 atom stereocenters. The van der Waals surface area contributed by atoms with E-state index in [2.05, 4.69) is 64.1 Å².